The molecule has 4 atom stereocenters. The fourth-order valence-corrected chi connectivity index (χ4v) is 11.3. The maximum absolute atomic E-state index is 6.68. The molecule has 4 aliphatic heterocycles. The standard InChI is InChI=1S/C16H20ClN3S2.C15H22ClN3S/c1-19-9-3-4-10(19)8-11(7-9)22-13-6-5-12-15(14(13)17)20(2)16(21)18-12;1-18-15-12(17)5-6-13(14(15)16)20-11-7-9-3-4-10(8-11)19(9)2/h5-6,9-11H,3-4,7-8H2,1-2H3,(H,18,21);5-6,9-11,18H,3-4,7-8,17H2,1-2H3. The first-order valence-electron chi connectivity index (χ1n) is 15.0. The van der Waals surface area contributed by atoms with Gasteiger partial charge in [0.1, 0.15) is 0 Å². The van der Waals surface area contributed by atoms with E-state index in [4.69, 9.17) is 41.2 Å². The Morgan fingerprint density at radius 3 is 1.79 bits per heavy atom. The van der Waals surface area contributed by atoms with Crippen LogP contribution in [0.3, 0.4) is 0 Å². The summed E-state index contributed by atoms with van der Waals surface area (Å²) in [7, 11) is 8.39. The third-order valence-electron chi connectivity index (χ3n) is 10.0. The number of thioether (sulfide) groups is 2. The van der Waals surface area contributed by atoms with E-state index in [1.165, 1.54) is 56.3 Å². The van der Waals surface area contributed by atoms with Gasteiger partial charge in [-0.05, 0) is 102 Å². The number of halogens is 2. The zero-order valence-corrected chi connectivity index (χ0v) is 28.8. The molecule has 4 unspecified atom stereocenters. The second-order valence-electron chi connectivity index (χ2n) is 12.4. The van der Waals surface area contributed by atoms with E-state index in [0.717, 1.165) is 60.6 Å². The summed E-state index contributed by atoms with van der Waals surface area (Å²) in [6.07, 6.45) is 10.5. The number of piperidine rings is 2. The van der Waals surface area contributed by atoms with Crippen molar-refractivity contribution >= 4 is 81.4 Å². The lowest BCUT2D eigenvalue weighted by atomic mass is 10.0. The number of aromatic amines is 1. The Kier molecular flexibility index (Phi) is 9.38. The van der Waals surface area contributed by atoms with Crippen LogP contribution in [-0.4, -0.2) is 75.2 Å². The number of imidazole rings is 1. The van der Waals surface area contributed by atoms with Gasteiger partial charge in [-0.25, -0.2) is 0 Å². The van der Waals surface area contributed by atoms with Crippen molar-refractivity contribution in [1.29, 1.82) is 0 Å². The third-order valence-corrected chi connectivity index (χ3v) is 14.0. The van der Waals surface area contributed by atoms with Crippen LogP contribution in [-0.2, 0) is 7.05 Å². The average Bonchev–Trinajstić information content (AvgIpc) is 3.43. The van der Waals surface area contributed by atoms with Crippen LogP contribution in [0.15, 0.2) is 34.1 Å². The molecule has 228 valence electrons. The van der Waals surface area contributed by atoms with Crippen molar-refractivity contribution in [1.82, 2.24) is 19.4 Å². The topological polar surface area (TPSA) is 65.2 Å². The highest BCUT2D eigenvalue weighted by molar-refractivity contribution is 8.00. The van der Waals surface area contributed by atoms with Crippen LogP contribution in [0.4, 0.5) is 11.4 Å². The van der Waals surface area contributed by atoms with Gasteiger partial charge in [-0.1, -0.05) is 23.2 Å². The summed E-state index contributed by atoms with van der Waals surface area (Å²) in [5, 5.41) is 6.06. The number of hydrogen-bond acceptors (Lipinski definition) is 7. The van der Waals surface area contributed by atoms with Crippen LogP contribution in [0.25, 0.3) is 11.0 Å². The maximum atomic E-state index is 6.68. The number of anilines is 2. The first-order valence-corrected chi connectivity index (χ1v) is 18.0. The summed E-state index contributed by atoms with van der Waals surface area (Å²) in [5.74, 6) is 0. The summed E-state index contributed by atoms with van der Waals surface area (Å²) >= 11 is 22.3. The SMILES string of the molecule is CN1C2CCC1CC(Sc1ccc3[nH]c(=S)n(C)c3c1Cl)C2.CNc1c(N)ccc(SC2CC3CCC(C2)N3C)c1Cl. The van der Waals surface area contributed by atoms with Crippen molar-refractivity contribution in [3.63, 3.8) is 0 Å². The molecule has 0 radical (unpaired) electrons. The third kappa shape index (κ3) is 5.96. The molecule has 4 bridgehead atoms. The van der Waals surface area contributed by atoms with Crippen LogP contribution in [0.5, 0.6) is 0 Å². The molecule has 5 heterocycles. The van der Waals surface area contributed by atoms with Crippen LogP contribution in [0.1, 0.15) is 51.4 Å². The molecule has 0 saturated carbocycles. The van der Waals surface area contributed by atoms with E-state index in [-0.39, 0.29) is 0 Å². The molecule has 4 N–H and O–H groups in total. The molecule has 2 aromatic carbocycles. The number of H-pyrrole nitrogens is 1. The Morgan fingerprint density at radius 1 is 0.810 bits per heavy atom. The smallest absolute Gasteiger partial charge is 0.177 e. The van der Waals surface area contributed by atoms with E-state index in [9.17, 15) is 0 Å². The molecule has 4 fully saturated rings. The molecule has 1 aromatic heterocycles. The van der Waals surface area contributed by atoms with Crippen molar-refractivity contribution in [2.45, 2.75) is 95.8 Å². The van der Waals surface area contributed by atoms with Crippen molar-refractivity contribution < 1.29 is 0 Å². The van der Waals surface area contributed by atoms with Gasteiger partial charge in [0, 0.05) is 58.6 Å². The number of nitrogens with zero attached hydrogens (tertiary/aromatic N) is 3. The lowest BCUT2D eigenvalue weighted by molar-refractivity contribution is 0.183. The van der Waals surface area contributed by atoms with Gasteiger partial charge in [-0.15, -0.1) is 23.5 Å². The fourth-order valence-electron chi connectivity index (χ4n) is 7.56. The van der Waals surface area contributed by atoms with E-state index in [1.54, 1.807) is 0 Å². The summed E-state index contributed by atoms with van der Waals surface area (Å²) in [6, 6.07) is 11.3. The minimum atomic E-state index is 0.675. The maximum Gasteiger partial charge on any atom is 0.177 e. The first-order chi connectivity index (χ1) is 20.1. The van der Waals surface area contributed by atoms with Gasteiger partial charge in [0.05, 0.1) is 32.5 Å². The quantitative estimate of drug-likeness (QED) is 0.187. The number of nitrogens with two attached hydrogens (primary N) is 1. The number of rotatable bonds is 5. The first kappa shape index (κ1) is 30.9. The highest BCUT2D eigenvalue weighted by atomic mass is 35.5. The highest BCUT2D eigenvalue weighted by Crippen LogP contribution is 2.46. The number of aromatic nitrogens is 2. The van der Waals surface area contributed by atoms with Gasteiger partial charge < -0.3 is 30.4 Å². The van der Waals surface area contributed by atoms with E-state index >= 15 is 0 Å². The Morgan fingerprint density at radius 2 is 1.29 bits per heavy atom. The number of aryl methyl sites for hydroxylation is 1. The van der Waals surface area contributed by atoms with Crippen LogP contribution < -0.4 is 11.1 Å². The van der Waals surface area contributed by atoms with E-state index in [2.05, 4.69) is 52.4 Å². The lowest BCUT2D eigenvalue weighted by Crippen LogP contribution is -2.40. The van der Waals surface area contributed by atoms with Gasteiger partial charge in [0.2, 0.25) is 0 Å². The number of nitrogen functional groups attached to an aromatic ring is 1. The molecule has 11 heteroatoms. The molecule has 0 amide bonds. The van der Waals surface area contributed by atoms with Crippen LogP contribution >= 0.6 is 58.9 Å². The fraction of sp³-hybridized carbons (Fsp3) is 0.581. The molecule has 4 aliphatic rings. The summed E-state index contributed by atoms with van der Waals surface area (Å²) in [4.78, 5) is 10.7. The molecular formula is C31H42Cl2N6S3. The Balaban J connectivity index is 0.000000151. The second-order valence-corrected chi connectivity index (χ2v) is 16.2. The molecule has 0 aliphatic carbocycles. The Labute approximate surface area is 273 Å². The largest absolute Gasteiger partial charge is 0.397 e. The normalized spacial score (nSPS) is 29.1. The molecule has 6 nitrogen and oxygen atoms in total. The number of benzene rings is 2. The Hall–Kier alpha value is -1.07. The van der Waals surface area contributed by atoms with E-state index in [1.807, 2.05) is 48.3 Å². The predicted molar refractivity (Wildman–Crippen MR) is 185 cm³/mol. The van der Waals surface area contributed by atoms with Crippen molar-refractivity contribution in [2.24, 2.45) is 7.05 Å². The number of hydrogen-bond donors (Lipinski definition) is 3. The van der Waals surface area contributed by atoms with E-state index < -0.39 is 0 Å². The highest BCUT2D eigenvalue weighted by Gasteiger charge is 2.40. The molecule has 4 saturated heterocycles. The number of fused-ring (bicyclic) bond motifs is 5. The second kappa shape index (κ2) is 12.7. The van der Waals surface area contributed by atoms with Crippen LogP contribution in [0.2, 0.25) is 10.0 Å². The molecule has 7 rings (SSSR count). The molecular weight excluding hydrogens is 623 g/mol. The zero-order valence-electron chi connectivity index (χ0n) is 24.8. The zero-order chi connectivity index (χ0) is 29.7. The minimum Gasteiger partial charge on any atom is -0.397 e. The molecule has 3 aromatic rings. The van der Waals surface area contributed by atoms with Crippen molar-refractivity contribution in [2.75, 3.05) is 32.2 Å². The summed E-state index contributed by atoms with van der Waals surface area (Å²) in [6.45, 7) is 0. The summed E-state index contributed by atoms with van der Waals surface area (Å²) < 4.78 is 2.69. The minimum absolute atomic E-state index is 0.675. The average molecular weight is 666 g/mol. The van der Waals surface area contributed by atoms with Gasteiger partial charge >= 0.3 is 0 Å². The molecule has 0 spiro atoms. The van der Waals surface area contributed by atoms with Gasteiger partial charge in [-0.2, -0.15) is 0 Å². The predicted octanol–water partition coefficient (Wildman–Crippen LogP) is 8.29. The van der Waals surface area contributed by atoms with Gasteiger partial charge in [0.15, 0.2) is 4.77 Å². The van der Waals surface area contributed by atoms with Gasteiger partial charge in [0.25, 0.3) is 0 Å². The van der Waals surface area contributed by atoms with Crippen molar-refractivity contribution in [3.8, 4) is 0 Å². The monoisotopic (exact) mass is 664 g/mol. The van der Waals surface area contributed by atoms with Crippen molar-refractivity contribution in [3.05, 3.63) is 39.1 Å². The van der Waals surface area contributed by atoms with Gasteiger partial charge in [-0.3, -0.25) is 0 Å². The van der Waals surface area contributed by atoms with E-state index in [0.29, 0.717) is 16.2 Å². The number of nitrogens with one attached hydrogen (secondary N) is 2. The summed E-state index contributed by atoms with van der Waals surface area (Å²) in [5.41, 5.74) is 9.55. The lowest BCUT2D eigenvalue weighted by Gasteiger charge is -2.36. The Bertz CT molecular complexity index is 1480. The van der Waals surface area contributed by atoms with Crippen LogP contribution in [0, 0.1) is 4.77 Å². The molecule has 42 heavy (non-hydrogen) atoms.